The van der Waals surface area contributed by atoms with Gasteiger partial charge in [0.1, 0.15) is 23.3 Å². The number of urea groups is 1. The molecule has 0 aliphatic carbocycles. The van der Waals surface area contributed by atoms with Gasteiger partial charge in [-0.05, 0) is 92.9 Å². The largest absolute Gasteiger partial charge is 0.340 e. The first-order valence-electron chi connectivity index (χ1n) is 10.9. The number of aryl methyl sites for hydroxylation is 4. The minimum absolute atomic E-state index is 0.295. The lowest BCUT2D eigenvalue weighted by Crippen LogP contribution is -2.19. The summed E-state index contributed by atoms with van der Waals surface area (Å²) in [6, 6.07) is 18.6. The number of carbonyl (C=O) groups is 1. The van der Waals surface area contributed by atoms with Crippen LogP contribution in [0.2, 0.25) is 0 Å². The fourth-order valence-corrected chi connectivity index (χ4v) is 3.33. The summed E-state index contributed by atoms with van der Waals surface area (Å²) in [5.41, 5.74) is 5.68. The van der Waals surface area contributed by atoms with Crippen molar-refractivity contribution in [3.05, 3.63) is 89.4 Å². The summed E-state index contributed by atoms with van der Waals surface area (Å²) in [5, 5.41) is 12.2. The molecule has 0 bridgehead atoms. The normalized spacial score (nSPS) is 10.5. The fourth-order valence-electron chi connectivity index (χ4n) is 3.33. The van der Waals surface area contributed by atoms with Crippen molar-refractivity contribution >= 4 is 40.5 Å². The van der Waals surface area contributed by atoms with Crippen LogP contribution in [0.25, 0.3) is 0 Å². The molecular weight excluding hydrogens is 426 g/mol. The topological polar surface area (TPSA) is 104 Å². The summed E-state index contributed by atoms with van der Waals surface area (Å²) in [4.78, 5) is 25.5. The van der Waals surface area contributed by atoms with E-state index in [0.29, 0.717) is 23.1 Å². The van der Waals surface area contributed by atoms with Crippen LogP contribution in [-0.4, -0.2) is 21.0 Å². The van der Waals surface area contributed by atoms with E-state index < -0.39 is 0 Å². The number of nitrogens with one attached hydrogen (secondary N) is 4. The molecular formula is C26H27N7O. The number of nitrogens with zero attached hydrogens (tertiary/aromatic N) is 3. The minimum atomic E-state index is -0.295. The van der Waals surface area contributed by atoms with Crippen molar-refractivity contribution in [1.29, 1.82) is 0 Å². The molecule has 2 aromatic carbocycles. The molecule has 34 heavy (non-hydrogen) atoms. The number of aromatic nitrogens is 3. The molecule has 8 heteroatoms. The number of amides is 2. The first kappa shape index (κ1) is 22.7. The first-order chi connectivity index (χ1) is 16.3. The fraction of sp³-hybridized carbons (Fsp3) is 0.154. The number of pyridine rings is 1. The van der Waals surface area contributed by atoms with Gasteiger partial charge in [-0.15, -0.1) is 0 Å². The zero-order chi connectivity index (χ0) is 24.1. The van der Waals surface area contributed by atoms with Gasteiger partial charge in [0.2, 0.25) is 0 Å². The van der Waals surface area contributed by atoms with Gasteiger partial charge in [0.05, 0.1) is 0 Å². The smallest absolute Gasteiger partial charge is 0.323 e. The van der Waals surface area contributed by atoms with E-state index in [2.05, 4.69) is 36.2 Å². The van der Waals surface area contributed by atoms with Gasteiger partial charge in [-0.3, -0.25) is 0 Å². The van der Waals surface area contributed by atoms with Crippen molar-refractivity contribution in [2.24, 2.45) is 0 Å². The van der Waals surface area contributed by atoms with Gasteiger partial charge in [0.15, 0.2) is 0 Å². The highest BCUT2D eigenvalue weighted by atomic mass is 16.2. The Balaban J connectivity index is 1.38. The summed E-state index contributed by atoms with van der Waals surface area (Å²) in [6.07, 6.45) is 1.75. The number of hydrogen-bond acceptors (Lipinski definition) is 6. The molecule has 4 aromatic rings. The Labute approximate surface area is 198 Å². The predicted octanol–water partition coefficient (Wildman–Crippen LogP) is 6.24. The highest BCUT2D eigenvalue weighted by molar-refractivity contribution is 5.99. The molecule has 0 unspecified atom stereocenters. The maximum Gasteiger partial charge on any atom is 0.323 e. The minimum Gasteiger partial charge on any atom is -0.340 e. The lowest BCUT2D eigenvalue weighted by atomic mass is 10.1. The average Bonchev–Trinajstić information content (AvgIpc) is 2.77. The number of carbonyl (C=O) groups excluding carboxylic acids is 1. The maximum atomic E-state index is 12.3. The van der Waals surface area contributed by atoms with Gasteiger partial charge in [-0.25, -0.2) is 19.7 Å². The summed E-state index contributed by atoms with van der Waals surface area (Å²) in [6.45, 7) is 7.90. The van der Waals surface area contributed by atoms with Crippen LogP contribution in [0, 0.1) is 27.7 Å². The Hall–Kier alpha value is -4.46. The molecule has 2 heterocycles. The molecule has 0 aliphatic rings. The van der Waals surface area contributed by atoms with Crippen LogP contribution in [0.1, 0.15) is 22.5 Å². The molecule has 2 amide bonds. The van der Waals surface area contributed by atoms with Gasteiger partial charge in [0, 0.05) is 29.3 Å². The second-order valence-corrected chi connectivity index (χ2v) is 8.11. The third-order valence-electron chi connectivity index (χ3n) is 5.19. The van der Waals surface area contributed by atoms with Gasteiger partial charge in [0.25, 0.3) is 0 Å². The molecule has 0 radical (unpaired) electrons. The van der Waals surface area contributed by atoms with Crippen LogP contribution in [0.4, 0.5) is 39.3 Å². The van der Waals surface area contributed by atoms with E-state index in [1.807, 2.05) is 88.4 Å². The van der Waals surface area contributed by atoms with Crippen LogP contribution in [-0.2, 0) is 0 Å². The van der Waals surface area contributed by atoms with Gasteiger partial charge >= 0.3 is 6.03 Å². The maximum absolute atomic E-state index is 12.3. The molecule has 0 fully saturated rings. The van der Waals surface area contributed by atoms with Crippen molar-refractivity contribution < 1.29 is 4.79 Å². The summed E-state index contributed by atoms with van der Waals surface area (Å²) < 4.78 is 0. The Morgan fingerprint density at radius 2 is 1.29 bits per heavy atom. The Bertz CT molecular complexity index is 1320. The van der Waals surface area contributed by atoms with E-state index >= 15 is 0 Å². The van der Waals surface area contributed by atoms with Crippen molar-refractivity contribution in [2.45, 2.75) is 27.7 Å². The molecule has 0 aliphatic heterocycles. The first-order valence-corrected chi connectivity index (χ1v) is 10.9. The monoisotopic (exact) mass is 453 g/mol. The van der Waals surface area contributed by atoms with E-state index in [9.17, 15) is 4.79 Å². The van der Waals surface area contributed by atoms with Gasteiger partial charge in [-0.2, -0.15) is 0 Å². The number of hydrogen-bond donors (Lipinski definition) is 4. The van der Waals surface area contributed by atoms with E-state index in [4.69, 9.17) is 0 Å². The van der Waals surface area contributed by atoms with E-state index in [1.165, 1.54) is 5.56 Å². The van der Waals surface area contributed by atoms with Crippen LogP contribution >= 0.6 is 0 Å². The average molecular weight is 454 g/mol. The standard InChI is InChI=1S/C26H27N7O/c1-16-11-12-27-23(13-16)33-25-15-24(28-19(4)29-25)30-20-7-9-21(10-8-20)31-26(34)32-22-6-5-17(2)18(3)14-22/h5-15H,1-4H3,(H2,31,32,34)(H2,27,28,29,30,33). The number of rotatable bonds is 6. The quantitative estimate of drug-likeness (QED) is 0.276. The molecule has 0 saturated carbocycles. The molecule has 0 spiro atoms. The molecule has 0 atom stereocenters. The molecule has 0 saturated heterocycles. The number of benzene rings is 2. The lowest BCUT2D eigenvalue weighted by Gasteiger charge is -2.12. The summed E-state index contributed by atoms with van der Waals surface area (Å²) in [5.74, 6) is 2.64. The lowest BCUT2D eigenvalue weighted by molar-refractivity contribution is 0.262. The van der Waals surface area contributed by atoms with Gasteiger partial charge in [-0.1, -0.05) is 6.07 Å². The predicted molar refractivity (Wildman–Crippen MR) is 137 cm³/mol. The summed E-state index contributed by atoms with van der Waals surface area (Å²) >= 11 is 0. The molecule has 2 aromatic heterocycles. The van der Waals surface area contributed by atoms with Crippen molar-refractivity contribution in [1.82, 2.24) is 15.0 Å². The molecule has 172 valence electrons. The Morgan fingerprint density at radius 1 is 0.647 bits per heavy atom. The van der Waals surface area contributed by atoms with Crippen LogP contribution in [0.15, 0.2) is 66.9 Å². The second kappa shape index (κ2) is 9.99. The zero-order valence-electron chi connectivity index (χ0n) is 19.6. The Morgan fingerprint density at radius 3 is 2.00 bits per heavy atom. The van der Waals surface area contributed by atoms with Crippen molar-refractivity contribution in [3.8, 4) is 0 Å². The Kier molecular flexibility index (Phi) is 6.68. The van der Waals surface area contributed by atoms with Crippen LogP contribution in [0.5, 0.6) is 0 Å². The van der Waals surface area contributed by atoms with Crippen LogP contribution in [0.3, 0.4) is 0 Å². The molecule has 4 N–H and O–H groups in total. The SMILES string of the molecule is Cc1ccnc(Nc2cc(Nc3ccc(NC(=O)Nc4ccc(C)c(C)c4)cc3)nc(C)n2)c1. The molecule has 8 nitrogen and oxygen atoms in total. The number of anilines is 6. The zero-order valence-corrected chi connectivity index (χ0v) is 19.6. The highest BCUT2D eigenvalue weighted by Crippen LogP contribution is 2.22. The third kappa shape index (κ3) is 6.07. The van der Waals surface area contributed by atoms with E-state index in [0.717, 1.165) is 28.3 Å². The van der Waals surface area contributed by atoms with Crippen molar-refractivity contribution in [2.75, 3.05) is 21.3 Å². The van der Waals surface area contributed by atoms with E-state index in [-0.39, 0.29) is 6.03 Å². The molecule has 4 rings (SSSR count). The second-order valence-electron chi connectivity index (χ2n) is 8.11. The summed E-state index contributed by atoms with van der Waals surface area (Å²) in [7, 11) is 0. The highest BCUT2D eigenvalue weighted by Gasteiger charge is 2.06. The van der Waals surface area contributed by atoms with Crippen molar-refractivity contribution in [3.63, 3.8) is 0 Å². The van der Waals surface area contributed by atoms with Crippen LogP contribution < -0.4 is 21.3 Å². The van der Waals surface area contributed by atoms with E-state index in [1.54, 1.807) is 6.20 Å². The third-order valence-corrected chi connectivity index (χ3v) is 5.19. The van der Waals surface area contributed by atoms with Gasteiger partial charge < -0.3 is 21.3 Å².